The number of thioether (sulfide) groups is 1. The van der Waals surface area contributed by atoms with Crippen LogP contribution in [0, 0.1) is 0 Å². The van der Waals surface area contributed by atoms with Gasteiger partial charge in [0, 0.05) is 32.9 Å². The quantitative estimate of drug-likeness (QED) is 0.180. The molecule has 0 saturated heterocycles. The first-order valence-electron chi connectivity index (χ1n) is 11.2. The number of amides is 3. The van der Waals surface area contributed by atoms with E-state index in [4.69, 9.17) is 16.0 Å². The molecule has 1 heterocycles. The zero-order chi connectivity index (χ0) is 26.0. The van der Waals surface area contributed by atoms with Crippen LogP contribution in [0.1, 0.15) is 16.1 Å². The second-order valence-corrected chi connectivity index (χ2v) is 9.21. The Hall–Kier alpha value is -4.27. The highest BCUT2D eigenvalue weighted by Crippen LogP contribution is 2.23. The van der Waals surface area contributed by atoms with Crippen LogP contribution in [-0.2, 0) is 9.59 Å². The molecule has 0 aliphatic heterocycles. The number of hydrogen-bond acceptors (Lipinski definition) is 5. The predicted octanol–water partition coefficient (Wildman–Crippen LogP) is 6.07. The Kier molecular flexibility index (Phi) is 8.80. The molecular formula is C28H22ClN3O4S. The number of nitrogens with one attached hydrogen (secondary N) is 3. The fourth-order valence-electron chi connectivity index (χ4n) is 3.23. The number of anilines is 2. The van der Waals surface area contributed by atoms with Gasteiger partial charge in [-0.05, 0) is 60.7 Å². The molecule has 3 amide bonds. The Morgan fingerprint density at radius 1 is 0.838 bits per heavy atom. The van der Waals surface area contributed by atoms with Crippen LogP contribution in [-0.4, -0.2) is 23.5 Å². The normalized spacial score (nSPS) is 11.0. The molecule has 186 valence electrons. The van der Waals surface area contributed by atoms with E-state index in [1.54, 1.807) is 84.9 Å². The van der Waals surface area contributed by atoms with Crippen LogP contribution < -0.4 is 16.0 Å². The number of carbonyl (C=O) groups is 3. The van der Waals surface area contributed by atoms with Gasteiger partial charge in [-0.1, -0.05) is 41.9 Å². The van der Waals surface area contributed by atoms with Gasteiger partial charge in [0.2, 0.25) is 5.91 Å². The average Bonchev–Trinajstić information content (AvgIpc) is 3.41. The van der Waals surface area contributed by atoms with E-state index in [-0.39, 0.29) is 17.4 Å². The van der Waals surface area contributed by atoms with E-state index in [0.717, 1.165) is 4.90 Å². The number of furan rings is 1. The minimum Gasteiger partial charge on any atom is -0.465 e. The minimum absolute atomic E-state index is 0.0164. The fraction of sp³-hybridized carbons (Fsp3) is 0.0357. The van der Waals surface area contributed by atoms with E-state index in [9.17, 15) is 14.4 Å². The van der Waals surface area contributed by atoms with Gasteiger partial charge in [0.15, 0.2) is 0 Å². The summed E-state index contributed by atoms with van der Waals surface area (Å²) in [7, 11) is 0. The summed E-state index contributed by atoms with van der Waals surface area (Å²) in [5, 5.41) is 8.78. The molecule has 0 unspecified atom stereocenters. The number of halogens is 1. The monoisotopic (exact) mass is 531 g/mol. The molecule has 0 bridgehead atoms. The first kappa shape index (κ1) is 25.8. The van der Waals surface area contributed by atoms with Crippen LogP contribution in [0.4, 0.5) is 11.4 Å². The molecule has 7 nitrogen and oxygen atoms in total. The van der Waals surface area contributed by atoms with Gasteiger partial charge in [-0.2, -0.15) is 0 Å². The highest BCUT2D eigenvalue weighted by Gasteiger charge is 2.16. The lowest BCUT2D eigenvalue weighted by atomic mass is 10.2. The zero-order valence-corrected chi connectivity index (χ0v) is 21.0. The summed E-state index contributed by atoms with van der Waals surface area (Å²) in [6, 6.07) is 25.9. The Morgan fingerprint density at radius 2 is 1.59 bits per heavy atom. The lowest BCUT2D eigenvalue weighted by molar-refractivity contribution is -0.114. The molecule has 0 aliphatic carbocycles. The van der Waals surface area contributed by atoms with Crippen LogP contribution >= 0.6 is 23.4 Å². The third kappa shape index (κ3) is 7.86. The smallest absolute Gasteiger partial charge is 0.272 e. The van der Waals surface area contributed by atoms with E-state index in [2.05, 4.69) is 16.0 Å². The lowest BCUT2D eigenvalue weighted by Crippen LogP contribution is -2.30. The summed E-state index contributed by atoms with van der Waals surface area (Å²) in [5.41, 5.74) is 1.55. The van der Waals surface area contributed by atoms with Crippen molar-refractivity contribution in [3.05, 3.63) is 119 Å². The van der Waals surface area contributed by atoms with Gasteiger partial charge in [0.05, 0.1) is 12.0 Å². The molecule has 37 heavy (non-hydrogen) atoms. The molecular weight excluding hydrogens is 510 g/mol. The number of hydrogen-bond donors (Lipinski definition) is 3. The highest BCUT2D eigenvalue weighted by molar-refractivity contribution is 8.00. The topological polar surface area (TPSA) is 100 Å². The maximum atomic E-state index is 13.1. The molecule has 0 radical (unpaired) electrons. The fourth-order valence-corrected chi connectivity index (χ4v) is 4.18. The molecule has 4 aromatic rings. The number of carbonyl (C=O) groups excluding carboxylic acids is 3. The van der Waals surface area contributed by atoms with Crippen molar-refractivity contribution in [2.24, 2.45) is 0 Å². The van der Waals surface area contributed by atoms with Gasteiger partial charge < -0.3 is 20.4 Å². The van der Waals surface area contributed by atoms with Crippen molar-refractivity contribution >= 4 is 58.5 Å². The highest BCUT2D eigenvalue weighted by atomic mass is 35.5. The first-order valence-corrected chi connectivity index (χ1v) is 12.5. The van der Waals surface area contributed by atoms with Crippen LogP contribution in [0.5, 0.6) is 0 Å². The van der Waals surface area contributed by atoms with Crippen molar-refractivity contribution in [1.29, 1.82) is 0 Å². The molecule has 4 rings (SSSR count). The Bertz CT molecular complexity index is 1420. The minimum atomic E-state index is -0.526. The summed E-state index contributed by atoms with van der Waals surface area (Å²) in [5.74, 6) is -0.562. The Morgan fingerprint density at radius 3 is 2.32 bits per heavy atom. The maximum Gasteiger partial charge on any atom is 0.272 e. The molecule has 0 fully saturated rings. The predicted molar refractivity (Wildman–Crippen MR) is 146 cm³/mol. The van der Waals surface area contributed by atoms with E-state index in [1.165, 1.54) is 24.1 Å². The second-order valence-electron chi connectivity index (χ2n) is 7.72. The summed E-state index contributed by atoms with van der Waals surface area (Å²) in [6.07, 6.45) is 2.93. The summed E-state index contributed by atoms with van der Waals surface area (Å²) in [4.78, 5) is 38.9. The standard InChI is InChI=1S/C28H22ClN3O4S/c29-20-9-4-10-21(15-20)30-26(33)18-37-24-13-5-11-22(16-24)31-28(35)25(17-23-12-6-14-36-23)32-27(34)19-7-2-1-3-8-19/h1-17H,18H2,(H,30,33)(H,31,35)(H,32,34)/b25-17-. The van der Waals surface area contributed by atoms with E-state index >= 15 is 0 Å². The van der Waals surface area contributed by atoms with E-state index in [0.29, 0.717) is 27.7 Å². The van der Waals surface area contributed by atoms with Gasteiger partial charge in [-0.3, -0.25) is 14.4 Å². The van der Waals surface area contributed by atoms with Gasteiger partial charge in [-0.15, -0.1) is 11.8 Å². The zero-order valence-electron chi connectivity index (χ0n) is 19.4. The second kappa shape index (κ2) is 12.6. The van der Waals surface area contributed by atoms with Crippen LogP contribution in [0.25, 0.3) is 6.08 Å². The Labute approximate surface area is 222 Å². The average molecular weight is 532 g/mol. The maximum absolute atomic E-state index is 13.1. The molecule has 0 spiro atoms. The van der Waals surface area contributed by atoms with Crippen molar-refractivity contribution in [2.45, 2.75) is 4.90 Å². The van der Waals surface area contributed by atoms with Gasteiger partial charge in [0.25, 0.3) is 11.8 Å². The van der Waals surface area contributed by atoms with Crippen LogP contribution in [0.3, 0.4) is 0 Å². The van der Waals surface area contributed by atoms with Crippen LogP contribution in [0.15, 0.2) is 112 Å². The molecule has 9 heteroatoms. The van der Waals surface area contributed by atoms with Crippen LogP contribution in [0.2, 0.25) is 5.02 Å². The molecule has 0 saturated carbocycles. The van der Waals surface area contributed by atoms with Gasteiger partial charge >= 0.3 is 0 Å². The third-order valence-corrected chi connectivity index (χ3v) is 6.16. The molecule has 0 aliphatic rings. The molecule has 3 aromatic carbocycles. The number of rotatable bonds is 9. The van der Waals surface area contributed by atoms with Crippen molar-refractivity contribution in [3.63, 3.8) is 0 Å². The van der Waals surface area contributed by atoms with Crippen molar-refractivity contribution < 1.29 is 18.8 Å². The van der Waals surface area contributed by atoms with E-state index < -0.39 is 11.8 Å². The number of benzene rings is 3. The largest absolute Gasteiger partial charge is 0.465 e. The third-order valence-electron chi connectivity index (χ3n) is 4.93. The van der Waals surface area contributed by atoms with Gasteiger partial charge in [0.1, 0.15) is 11.5 Å². The summed E-state index contributed by atoms with van der Waals surface area (Å²) >= 11 is 7.28. The van der Waals surface area contributed by atoms with Gasteiger partial charge in [-0.25, -0.2) is 0 Å². The SMILES string of the molecule is O=C(CSc1cccc(NC(=O)/C(=C/c2ccco2)NC(=O)c2ccccc2)c1)Nc1cccc(Cl)c1. The molecule has 1 aromatic heterocycles. The van der Waals surface area contributed by atoms with Crippen molar-refractivity contribution in [2.75, 3.05) is 16.4 Å². The summed E-state index contributed by atoms with van der Waals surface area (Å²) < 4.78 is 5.32. The van der Waals surface area contributed by atoms with Crippen molar-refractivity contribution in [1.82, 2.24) is 5.32 Å². The molecule has 0 atom stereocenters. The first-order chi connectivity index (χ1) is 18.0. The Balaban J connectivity index is 1.41. The van der Waals surface area contributed by atoms with Crippen molar-refractivity contribution in [3.8, 4) is 0 Å². The van der Waals surface area contributed by atoms with E-state index in [1.807, 2.05) is 6.07 Å². The molecule has 3 N–H and O–H groups in total. The lowest BCUT2D eigenvalue weighted by Gasteiger charge is -2.12. The summed E-state index contributed by atoms with van der Waals surface area (Å²) in [6.45, 7) is 0.